The molecule has 0 unspecified atom stereocenters. The molecule has 0 aliphatic rings. The van der Waals surface area contributed by atoms with Crippen LogP contribution < -0.4 is 10.6 Å². The van der Waals surface area contributed by atoms with Crippen LogP contribution in [0.1, 0.15) is 68.3 Å². The zero-order valence-electron chi connectivity index (χ0n) is 21.9. The van der Waals surface area contributed by atoms with E-state index in [4.69, 9.17) is 0 Å². The van der Waals surface area contributed by atoms with Gasteiger partial charge in [0, 0.05) is 33.5 Å². The predicted molar refractivity (Wildman–Crippen MR) is 156 cm³/mol. The minimum Gasteiger partial charge on any atom is -0.342 e. The fourth-order valence-electron chi connectivity index (χ4n) is 3.89. The van der Waals surface area contributed by atoms with E-state index in [0.717, 1.165) is 14.8 Å². The third-order valence-electron chi connectivity index (χ3n) is 5.85. The van der Waals surface area contributed by atoms with E-state index in [9.17, 15) is 19.7 Å². The van der Waals surface area contributed by atoms with Gasteiger partial charge < -0.3 is 15.2 Å². The molecule has 12 heteroatoms. The van der Waals surface area contributed by atoms with Crippen LogP contribution in [0.3, 0.4) is 0 Å². The zero-order chi connectivity index (χ0) is 28.0. The highest BCUT2D eigenvalue weighted by Gasteiger charge is 2.27. The van der Waals surface area contributed by atoms with Crippen LogP contribution in [0, 0.1) is 19.6 Å². The number of amides is 2. The van der Waals surface area contributed by atoms with E-state index in [1.54, 1.807) is 0 Å². The van der Waals surface area contributed by atoms with Crippen molar-refractivity contribution in [3.8, 4) is 0 Å². The monoisotopic (exact) mass is 650 g/mol. The highest BCUT2D eigenvalue weighted by Crippen LogP contribution is 2.28. The van der Waals surface area contributed by atoms with Crippen LogP contribution in [0.2, 0.25) is 0 Å². The molecule has 0 saturated heterocycles. The van der Waals surface area contributed by atoms with E-state index < -0.39 is 16.9 Å². The Bertz CT molecular complexity index is 1330. The molecule has 1 heterocycles. The number of thioether (sulfide) groups is 1. The summed E-state index contributed by atoms with van der Waals surface area (Å²) in [5, 5.41) is 26.3. The summed E-state index contributed by atoms with van der Waals surface area (Å²) in [6.45, 7) is 10.5. The summed E-state index contributed by atoms with van der Waals surface area (Å²) >= 11 is 3.53. The van der Waals surface area contributed by atoms with Crippen molar-refractivity contribution in [1.29, 1.82) is 0 Å². The van der Waals surface area contributed by atoms with Crippen molar-refractivity contribution in [2.75, 3.05) is 11.1 Å². The van der Waals surface area contributed by atoms with Gasteiger partial charge >= 0.3 is 0 Å². The van der Waals surface area contributed by atoms with Crippen LogP contribution in [0.15, 0.2) is 47.6 Å². The van der Waals surface area contributed by atoms with Gasteiger partial charge in [-0.1, -0.05) is 45.5 Å². The highest BCUT2D eigenvalue weighted by molar-refractivity contribution is 14.1. The van der Waals surface area contributed by atoms with Gasteiger partial charge in [0.05, 0.1) is 16.7 Å². The van der Waals surface area contributed by atoms with Gasteiger partial charge in [-0.25, -0.2) is 0 Å². The van der Waals surface area contributed by atoms with Gasteiger partial charge in [-0.15, -0.1) is 10.2 Å². The molecular formula is C26H31IN6O4S. The maximum atomic E-state index is 12.9. The summed E-state index contributed by atoms with van der Waals surface area (Å²) in [7, 11) is 0. The van der Waals surface area contributed by atoms with Gasteiger partial charge in [-0.3, -0.25) is 19.7 Å². The first-order valence-corrected chi connectivity index (χ1v) is 14.3. The predicted octanol–water partition coefficient (Wildman–Crippen LogP) is 5.79. The number of halogens is 1. The molecule has 1 atom stereocenters. The lowest BCUT2D eigenvalue weighted by Crippen LogP contribution is -2.33. The van der Waals surface area contributed by atoms with Gasteiger partial charge in [-0.2, -0.15) is 0 Å². The van der Waals surface area contributed by atoms with Crippen LogP contribution in [-0.4, -0.2) is 37.3 Å². The van der Waals surface area contributed by atoms with Gasteiger partial charge in [0.25, 0.3) is 11.6 Å². The average molecular weight is 651 g/mol. The minimum atomic E-state index is -0.536. The summed E-state index contributed by atoms with van der Waals surface area (Å²) in [5.41, 5.74) is 1.91. The van der Waals surface area contributed by atoms with Crippen molar-refractivity contribution in [2.24, 2.45) is 5.92 Å². The summed E-state index contributed by atoms with van der Waals surface area (Å²) in [4.78, 5) is 36.3. The Balaban J connectivity index is 1.74. The number of hydrogen-bond donors (Lipinski definition) is 2. The molecule has 1 aromatic heterocycles. The summed E-state index contributed by atoms with van der Waals surface area (Å²) in [5.74, 6) is 0.347. The lowest BCUT2D eigenvalue weighted by atomic mass is 10.0. The van der Waals surface area contributed by atoms with Gasteiger partial charge in [0.2, 0.25) is 5.91 Å². The van der Waals surface area contributed by atoms with E-state index in [2.05, 4.69) is 63.3 Å². The smallest absolute Gasteiger partial charge is 0.270 e. The second-order valence-electron chi connectivity index (χ2n) is 9.31. The van der Waals surface area contributed by atoms with Crippen molar-refractivity contribution < 1.29 is 14.5 Å². The lowest BCUT2D eigenvalue weighted by molar-refractivity contribution is -0.384. The van der Waals surface area contributed by atoms with E-state index in [0.29, 0.717) is 17.5 Å². The number of nitrogens with one attached hydrogen (secondary N) is 2. The standard InChI is InChI=1S/C26H31IN6O4S/c1-6-32-24(23(16(4)5)29-25(35)17-8-7-9-19(12-17)33(36)37)30-31-26(32)38-14-22(34)28-21-11-10-18(27)13-20(21)15(2)3/h7-13,15-16,23H,6,14H2,1-5H3,(H,28,34)(H,29,35)/t23-/m1/s1. The molecule has 0 bridgehead atoms. The van der Waals surface area contributed by atoms with Crippen molar-refractivity contribution in [1.82, 2.24) is 20.1 Å². The second-order valence-corrected chi connectivity index (χ2v) is 11.5. The molecule has 3 rings (SSSR count). The molecule has 202 valence electrons. The number of nitro groups is 1. The number of carbonyl (C=O) groups is 2. The van der Waals surface area contributed by atoms with Crippen molar-refractivity contribution in [3.63, 3.8) is 0 Å². The van der Waals surface area contributed by atoms with Crippen molar-refractivity contribution in [2.45, 2.75) is 58.3 Å². The van der Waals surface area contributed by atoms with Crippen LogP contribution >= 0.6 is 34.4 Å². The first-order valence-electron chi connectivity index (χ1n) is 12.2. The molecule has 0 spiro atoms. The molecule has 0 radical (unpaired) electrons. The Labute approximate surface area is 239 Å². The Morgan fingerprint density at radius 3 is 2.50 bits per heavy atom. The average Bonchev–Trinajstić information content (AvgIpc) is 3.29. The molecule has 0 aliphatic heterocycles. The molecule has 2 N–H and O–H groups in total. The van der Waals surface area contributed by atoms with Crippen molar-refractivity contribution in [3.05, 3.63) is 73.1 Å². The van der Waals surface area contributed by atoms with Gasteiger partial charge in [0.15, 0.2) is 11.0 Å². The van der Waals surface area contributed by atoms with Gasteiger partial charge in [0.1, 0.15) is 0 Å². The first kappa shape index (κ1) is 29.6. The maximum absolute atomic E-state index is 12.9. The maximum Gasteiger partial charge on any atom is 0.270 e. The summed E-state index contributed by atoms with van der Waals surface area (Å²) in [6, 6.07) is 11.1. The van der Waals surface area contributed by atoms with E-state index in [1.807, 2.05) is 37.5 Å². The minimum absolute atomic E-state index is 0.0383. The number of nitro benzene ring substituents is 1. The van der Waals surface area contributed by atoms with Crippen LogP contribution in [0.5, 0.6) is 0 Å². The normalized spacial score (nSPS) is 12.0. The number of benzene rings is 2. The van der Waals surface area contributed by atoms with Crippen molar-refractivity contribution >= 4 is 57.5 Å². The number of nitrogens with zero attached hydrogens (tertiary/aromatic N) is 4. The highest BCUT2D eigenvalue weighted by atomic mass is 127. The SMILES string of the molecule is CCn1c(SCC(=O)Nc2ccc(I)cc2C(C)C)nnc1[C@H](NC(=O)c1cccc([N+](=O)[O-])c1)C(C)C. The fourth-order valence-corrected chi connectivity index (χ4v) is 5.21. The Hall–Kier alpha value is -3.00. The zero-order valence-corrected chi connectivity index (χ0v) is 24.9. The quantitative estimate of drug-likeness (QED) is 0.116. The Morgan fingerprint density at radius 1 is 1.13 bits per heavy atom. The number of hydrogen-bond acceptors (Lipinski definition) is 7. The van der Waals surface area contributed by atoms with Crippen LogP contribution in [-0.2, 0) is 11.3 Å². The summed E-state index contributed by atoms with van der Waals surface area (Å²) < 4.78 is 2.99. The number of non-ortho nitro benzene ring substituents is 1. The summed E-state index contributed by atoms with van der Waals surface area (Å²) in [6.07, 6.45) is 0. The van der Waals surface area contributed by atoms with Crippen LogP contribution in [0.25, 0.3) is 0 Å². The molecule has 10 nitrogen and oxygen atoms in total. The molecule has 0 aliphatic carbocycles. The third kappa shape index (κ3) is 7.31. The fraction of sp³-hybridized carbons (Fsp3) is 0.385. The van der Waals surface area contributed by atoms with E-state index >= 15 is 0 Å². The molecule has 2 aromatic carbocycles. The topological polar surface area (TPSA) is 132 Å². The molecule has 2 amide bonds. The molecular weight excluding hydrogens is 619 g/mol. The molecule has 38 heavy (non-hydrogen) atoms. The lowest BCUT2D eigenvalue weighted by Gasteiger charge is -2.22. The number of anilines is 1. The molecule has 3 aromatic rings. The molecule has 0 fully saturated rings. The Morgan fingerprint density at radius 2 is 1.87 bits per heavy atom. The van der Waals surface area contributed by atoms with E-state index in [1.165, 1.54) is 36.0 Å². The second kappa shape index (κ2) is 13.2. The third-order valence-corrected chi connectivity index (χ3v) is 7.49. The van der Waals surface area contributed by atoms with E-state index in [-0.39, 0.29) is 34.7 Å². The number of aromatic nitrogens is 3. The first-order chi connectivity index (χ1) is 18.0. The molecule has 0 saturated carbocycles. The Kier molecular flexibility index (Phi) is 10.3. The van der Waals surface area contributed by atoms with Gasteiger partial charge in [-0.05, 0) is 71.2 Å². The largest absolute Gasteiger partial charge is 0.342 e. The van der Waals surface area contributed by atoms with Crippen LogP contribution in [0.4, 0.5) is 11.4 Å². The number of rotatable bonds is 11. The number of carbonyl (C=O) groups excluding carboxylic acids is 2.